The predicted molar refractivity (Wildman–Crippen MR) is 95.0 cm³/mol. The third-order valence-electron chi connectivity index (χ3n) is 5.52. The Kier molecular flexibility index (Phi) is 10.6. The highest BCUT2D eigenvalue weighted by molar-refractivity contribution is 7.87. The molecule has 27 heteroatoms. The van der Waals surface area contributed by atoms with E-state index in [-0.39, 0.29) is 25.9 Å². The molecule has 1 atom stereocenters. The Morgan fingerprint density at radius 1 is 0.545 bits per heavy atom. The summed E-state index contributed by atoms with van der Waals surface area (Å²) in [6.45, 7) is -7.85. The summed E-state index contributed by atoms with van der Waals surface area (Å²) in [5.74, 6) is -63.5. The van der Waals surface area contributed by atoms with E-state index < -0.39 is 88.4 Å². The number of hydrogen-bond acceptors (Lipinski definition) is 5. The van der Waals surface area contributed by atoms with Gasteiger partial charge in [0.05, 0.1) is 0 Å². The van der Waals surface area contributed by atoms with Crippen LogP contribution in [0.5, 0.6) is 0 Å². The topological polar surface area (TPSA) is 61.8 Å². The summed E-state index contributed by atoms with van der Waals surface area (Å²) < 4.78 is 314. The number of rotatable bonds is 14. The zero-order chi connectivity index (χ0) is 35.4. The van der Waals surface area contributed by atoms with E-state index in [1.54, 1.807) is 0 Å². The molecule has 0 spiro atoms. The lowest BCUT2D eigenvalue weighted by molar-refractivity contribution is -0.429. The number of halogens is 21. The van der Waals surface area contributed by atoms with Gasteiger partial charge in [-0.25, -0.2) is 0 Å². The Morgan fingerprint density at radius 3 is 1.32 bits per heavy atom. The maximum absolute atomic E-state index is 13.9. The molecule has 1 heterocycles. The summed E-state index contributed by atoms with van der Waals surface area (Å²) in [5.41, 5.74) is 0. The van der Waals surface area contributed by atoms with Crippen LogP contribution < -0.4 is 0 Å². The Bertz CT molecular complexity index is 1110. The first-order valence-electron chi connectivity index (χ1n) is 10.6. The molecule has 0 aliphatic carbocycles. The van der Waals surface area contributed by atoms with Gasteiger partial charge in [0.2, 0.25) is 0 Å². The monoisotopic (exact) mass is 728 g/mol. The fourth-order valence-electron chi connectivity index (χ4n) is 2.82. The van der Waals surface area contributed by atoms with E-state index in [0.29, 0.717) is 0 Å². The molecule has 1 unspecified atom stereocenters. The first-order valence-corrected chi connectivity index (χ1v) is 12.0. The van der Waals surface area contributed by atoms with E-state index in [1.807, 2.05) is 0 Å². The van der Waals surface area contributed by atoms with Crippen LogP contribution >= 0.6 is 0 Å². The van der Waals surface area contributed by atoms with Crippen molar-refractivity contribution in [3.05, 3.63) is 0 Å². The molecule has 1 aliphatic rings. The zero-order valence-electron chi connectivity index (χ0n) is 20.2. The third-order valence-corrected chi connectivity index (χ3v) is 6.83. The highest BCUT2D eigenvalue weighted by atomic mass is 32.2. The van der Waals surface area contributed by atoms with Gasteiger partial charge in [0.25, 0.3) is 0 Å². The minimum absolute atomic E-state index is 0.0916. The van der Waals surface area contributed by atoms with Gasteiger partial charge in [-0.1, -0.05) is 0 Å². The van der Waals surface area contributed by atoms with Crippen molar-refractivity contribution in [2.24, 2.45) is 0 Å². The van der Waals surface area contributed by atoms with E-state index >= 15 is 0 Å². The van der Waals surface area contributed by atoms with Crippen molar-refractivity contribution >= 4 is 10.1 Å². The maximum atomic E-state index is 13.9. The molecular weight excluding hydrogens is 715 g/mol. The van der Waals surface area contributed by atoms with E-state index in [2.05, 4.69) is 13.7 Å². The van der Waals surface area contributed by atoms with Gasteiger partial charge >= 0.3 is 68.9 Å². The lowest BCUT2D eigenvalue weighted by atomic mass is 9.91. The smallest absolute Gasteiger partial charge is 0.353 e. The van der Waals surface area contributed by atoms with Gasteiger partial charge in [-0.05, 0) is 19.3 Å². The average Bonchev–Trinajstić information content (AvgIpc) is 2.85. The number of ether oxygens (including phenoxy) is 2. The highest BCUT2D eigenvalue weighted by Gasteiger charge is 2.90. The SMILES string of the molecule is O=S(=O)(OCC(F)(F)C(F)(F)C(F)(F)C(F)(F)C(F)(F)C(F)(F)COC1CCCCO1)C(F)(F)C(F)(F)C(F)(F)C(F)(F)F. The fraction of sp³-hybridized carbons (Fsp3) is 1.00. The van der Waals surface area contributed by atoms with Crippen LogP contribution in [-0.2, 0) is 23.8 Å². The van der Waals surface area contributed by atoms with E-state index in [1.165, 1.54) is 0 Å². The molecule has 1 aliphatic heterocycles. The van der Waals surface area contributed by atoms with Gasteiger partial charge in [0, 0.05) is 6.61 Å². The van der Waals surface area contributed by atoms with E-state index in [4.69, 9.17) is 0 Å². The molecule has 264 valence electrons. The molecule has 0 bridgehead atoms. The van der Waals surface area contributed by atoms with Gasteiger partial charge in [0.1, 0.15) is 13.2 Å². The van der Waals surface area contributed by atoms with Crippen LogP contribution in [0.2, 0.25) is 0 Å². The van der Waals surface area contributed by atoms with Crippen LogP contribution in [0, 0.1) is 0 Å². The Morgan fingerprint density at radius 2 is 0.955 bits per heavy atom. The van der Waals surface area contributed by atoms with Crippen molar-refractivity contribution < 1.29 is 114 Å². The molecule has 0 N–H and O–H groups in total. The first-order chi connectivity index (χ1) is 19.0. The van der Waals surface area contributed by atoms with Crippen molar-refractivity contribution in [3.8, 4) is 0 Å². The minimum Gasteiger partial charge on any atom is -0.353 e. The fourth-order valence-corrected chi connectivity index (χ4v) is 3.71. The van der Waals surface area contributed by atoms with Crippen LogP contribution in [0.25, 0.3) is 0 Å². The van der Waals surface area contributed by atoms with Gasteiger partial charge < -0.3 is 9.47 Å². The molecule has 44 heavy (non-hydrogen) atoms. The lowest BCUT2D eigenvalue weighted by Crippen LogP contribution is -2.71. The average molecular weight is 728 g/mol. The van der Waals surface area contributed by atoms with E-state index in [0.717, 1.165) is 0 Å². The molecular formula is C17H13F21O5S. The second-order valence-corrected chi connectivity index (χ2v) is 10.3. The summed E-state index contributed by atoms with van der Waals surface area (Å²) in [6, 6.07) is 0. The summed E-state index contributed by atoms with van der Waals surface area (Å²) in [5, 5.41) is -8.05. The van der Waals surface area contributed by atoms with Crippen LogP contribution in [0.4, 0.5) is 92.2 Å². The summed E-state index contributed by atoms with van der Waals surface area (Å²) >= 11 is 0. The predicted octanol–water partition coefficient (Wildman–Crippen LogP) is 7.11. The number of hydrogen-bond donors (Lipinski definition) is 0. The van der Waals surface area contributed by atoms with Gasteiger partial charge in [0.15, 0.2) is 6.29 Å². The molecule has 0 aromatic rings. The van der Waals surface area contributed by atoms with Crippen molar-refractivity contribution in [3.63, 3.8) is 0 Å². The number of alkyl halides is 21. The molecule has 1 saturated heterocycles. The Labute approximate surface area is 229 Å². The zero-order valence-corrected chi connectivity index (χ0v) is 21.0. The van der Waals surface area contributed by atoms with Crippen LogP contribution in [0.3, 0.4) is 0 Å². The minimum atomic E-state index is -8.51. The summed E-state index contributed by atoms with van der Waals surface area (Å²) in [6.07, 6.45) is -9.65. The molecule has 0 amide bonds. The molecule has 0 aromatic heterocycles. The normalized spacial score (nSPS) is 19.8. The summed E-state index contributed by atoms with van der Waals surface area (Å²) in [7, 11) is -8.51. The first kappa shape index (κ1) is 40.4. The largest absolute Gasteiger partial charge is 0.460 e. The Balaban J connectivity index is 3.37. The quantitative estimate of drug-likeness (QED) is 0.141. The lowest BCUT2D eigenvalue weighted by Gasteiger charge is -2.41. The molecule has 1 fully saturated rings. The Hall–Kier alpha value is -1.64. The third kappa shape index (κ3) is 6.21. The molecule has 5 nitrogen and oxygen atoms in total. The summed E-state index contributed by atoms with van der Waals surface area (Å²) in [4.78, 5) is 0. The molecule has 0 saturated carbocycles. The molecule has 1 rings (SSSR count). The molecule has 0 radical (unpaired) electrons. The maximum Gasteiger partial charge on any atom is 0.460 e. The molecule has 0 aromatic carbocycles. The van der Waals surface area contributed by atoms with Gasteiger partial charge in [-0.2, -0.15) is 101 Å². The second kappa shape index (κ2) is 11.6. The highest BCUT2D eigenvalue weighted by Crippen LogP contribution is 2.61. The van der Waals surface area contributed by atoms with Gasteiger partial charge in [-0.3, -0.25) is 4.18 Å². The second-order valence-electron chi connectivity index (χ2n) is 8.69. The van der Waals surface area contributed by atoms with Crippen LogP contribution in [0.1, 0.15) is 19.3 Å². The standard InChI is InChI=1S/C17H13F21O5S/c18-8(19,5-42-7-3-1-2-4-41-7)10(22,23)12(26,27)13(28,29)11(24,25)9(20,21)6-43-44(39,40)17(37,38)15(32,33)14(30,31)16(34,35)36/h7H,1-6H2. The van der Waals surface area contributed by atoms with Crippen LogP contribution in [0.15, 0.2) is 0 Å². The van der Waals surface area contributed by atoms with Gasteiger partial charge in [-0.15, -0.1) is 0 Å². The van der Waals surface area contributed by atoms with Crippen molar-refractivity contribution in [1.29, 1.82) is 0 Å². The van der Waals surface area contributed by atoms with Crippen molar-refractivity contribution in [2.75, 3.05) is 19.8 Å². The van der Waals surface area contributed by atoms with Crippen molar-refractivity contribution in [2.45, 2.75) is 84.4 Å². The van der Waals surface area contributed by atoms with Crippen molar-refractivity contribution in [1.82, 2.24) is 0 Å². The van der Waals surface area contributed by atoms with E-state index in [9.17, 15) is 101 Å². The van der Waals surface area contributed by atoms with Crippen LogP contribution in [-0.4, -0.2) is 93.3 Å².